The maximum absolute atomic E-state index is 12.7. The Morgan fingerprint density at radius 2 is 1.56 bits per heavy atom. The summed E-state index contributed by atoms with van der Waals surface area (Å²) < 4.78 is 5.44. The van der Waals surface area contributed by atoms with Crippen molar-refractivity contribution in [3.8, 4) is 11.1 Å². The minimum Gasteiger partial charge on any atom is -0.480 e. The number of hydrogen-bond acceptors (Lipinski definition) is 3. The van der Waals surface area contributed by atoms with Gasteiger partial charge < -0.3 is 9.84 Å². The van der Waals surface area contributed by atoms with Gasteiger partial charge in [-0.3, -0.25) is 4.90 Å². The van der Waals surface area contributed by atoms with Gasteiger partial charge in [-0.2, -0.15) is 0 Å². The molecule has 0 radical (unpaired) electrons. The fourth-order valence-electron chi connectivity index (χ4n) is 2.43. The average Bonchev–Trinajstić information content (AvgIpc) is 2.54. The lowest BCUT2D eigenvalue weighted by atomic mass is 10.0. The molecule has 0 bridgehead atoms. The number of ether oxygens (including phenoxy) is 1. The molecule has 1 atom stereocenters. The molecule has 5 nitrogen and oxygen atoms in total. The number of benzene rings is 2. The van der Waals surface area contributed by atoms with Crippen molar-refractivity contribution >= 4 is 17.7 Å². The predicted octanol–water partition coefficient (Wildman–Crippen LogP) is 4.57. The van der Waals surface area contributed by atoms with Crippen LogP contribution in [0, 0.1) is 0 Å². The largest absolute Gasteiger partial charge is 0.480 e. The van der Waals surface area contributed by atoms with Crippen LogP contribution in [0.5, 0.6) is 0 Å². The first-order valence-electron chi connectivity index (χ1n) is 8.10. The van der Waals surface area contributed by atoms with Gasteiger partial charge in [0.05, 0.1) is 5.69 Å². The van der Waals surface area contributed by atoms with E-state index in [0.717, 1.165) is 11.1 Å². The molecule has 0 aromatic heterocycles. The van der Waals surface area contributed by atoms with Crippen LogP contribution in [-0.4, -0.2) is 28.8 Å². The molecular weight excluding hydrogens is 318 g/mol. The summed E-state index contributed by atoms with van der Waals surface area (Å²) in [6.07, 6.45) is -0.689. The SMILES string of the molecule is C[C@@H](C(=O)O)N(C(=O)OC(C)(C)C)c1ccccc1-c1ccccc1. The third kappa shape index (κ3) is 4.59. The Kier molecular flexibility index (Phi) is 5.47. The van der Waals surface area contributed by atoms with Gasteiger partial charge >= 0.3 is 12.1 Å². The van der Waals surface area contributed by atoms with E-state index in [-0.39, 0.29) is 0 Å². The Morgan fingerprint density at radius 3 is 2.12 bits per heavy atom. The number of amides is 1. The highest BCUT2D eigenvalue weighted by Gasteiger charge is 2.32. The lowest BCUT2D eigenvalue weighted by Gasteiger charge is -2.31. The fraction of sp³-hybridized carbons (Fsp3) is 0.300. The molecule has 132 valence electrons. The average molecular weight is 341 g/mol. The van der Waals surface area contributed by atoms with E-state index in [1.165, 1.54) is 11.8 Å². The predicted molar refractivity (Wildman–Crippen MR) is 97.7 cm³/mol. The number of rotatable bonds is 4. The number of anilines is 1. The monoisotopic (exact) mass is 341 g/mol. The highest BCUT2D eigenvalue weighted by Crippen LogP contribution is 2.33. The highest BCUT2D eigenvalue weighted by molar-refractivity contribution is 5.99. The second-order valence-electron chi connectivity index (χ2n) is 6.75. The summed E-state index contributed by atoms with van der Waals surface area (Å²) in [5.74, 6) is -1.10. The van der Waals surface area contributed by atoms with Crippen molar-refractivity contribution in [2.75, 3.05) is 4.90 Å². The molecule has 2 rings (SSSR count). The Hall–Kier alpha value is -2.82. The number of para-hydroxylation sites is 1. The minimum absolute atomic E-state index is 0.498. The maximum atomic E-state index is 12.7. The van der Waals surface area contributed by atoms with Crippen molar-refractivity contribution in [3.63, 3.8) is 0 Å². The number of carbonyl (C=O) groups is 2. The van der Waals surface area contributed by atoms with Gasteiger partial charge in [0.25, 0.3) is 0 Å². The number of carboxylic acids is 1. The van der Waals surface area contributed by atoms with Gasteiger partial charge in [0, 0.05) is 5.56 Å². The van der Waals surface area contributed by atoms with Crippen molar-refractivity contribution in [1.82, 2.24) is 0 Å². The molecule has 1 amide bonds. The molecule has 0 spiro atoms. The zero-order chi connectivity index (χ0) is 18.6. The number of hydrogen-bond donors (Lipinski definition) is 1. The summed E-state index contributed by atoms with van der Waals surface area (Å²) >= 11 is 0. The molecule has 0 aliphatic rings. The van der Waals surface area contributed by atoms with Crippen molar-refractivity contribution in [2.45, 2.75) is 39.3 Å². The second kappa shape index (κ2) is 7.38. The molecule has 5 heteroatoms. The molecule has 0 fully saturated rings. The van der Waals surface area contributed by atoms with E-state index >= 15 is 0 Å². The Labute approximate surface area is 147 Å². The molecule has 1 N–H and O–H groups in total. The molecule has 25 heavy (non-hydrogen) atoms. The van der Waals surface area contributed by atoms with Crippen molar-refractivity contribution in [1.29, 1.82) is 0 Å². The van der Waals surface area contributed by atoms with Crippen LogP contribution in [0.15, 0.2) is 54.6 Å². The Morgan fingerprint density at radius 1 is 1.00 bits per heavy atom. The molecule has 2 aromatic carbocycles. The first-order chi connectivity index (χ1) is 11.7. The van der Waals surface area contributed by atoms with E-state index in [9.17, 15) is 14.7 Å². The summed E-state index contributed by atoms with van der Waals surface area (Å²) in [6, 6.07) is 15.7. The zero-order valence-corrected chi connectivity index (χ0v) is 14.9. The van der Waals surface area contributed by atoms with E-state index in [1.807, 2.05) is 42.5 Å². The van der Waals surface area contributed by atoms with Crippen LogP contribution in [0.25, 0.3) is 11.1 Å². The summed E-state index contributed by atoms with van der Waals surface area (Å²) in [5.41, 5.74) is 1.43. The summed E-state index contributed by atoms with van der Waals surface area (Å²) in [4.78, 5) is 25.5. The first-order valence-corrected chi connectivity index (χ1v) is 8.10. The van der Waals surface area contributed by atoms with Gasteiger partial charge in [-0.15, -0.1) is 0 Å². The van der Waals surface area contributed by atoms with Crippen LogP contribution in [0.3, 0.4) is 0 Å². The number of nitrogens with zero attached hydrogens (tertiary/aromatic N) is 1. The van der Waals surface area contributed by atoms with Crippen LogP contribution in [-0.2, 0) is 9.53 Å². The van der Waals surface area contributed by atoms with Crippen LogP contribution in [0.2, 0.25) is 0 Å². The second-order valence-corrected chi connectivity index (χ2v) is 6.75. The maximum Gasteiger partial charge on any atom is 0.415 e. The van der Waals surface area contributed by atoms with Crippen molar-refractivity contribution in [3.05, 3.63) is 54.6 Å². The number of carboxylic acid groups (broad SMARTS) is 1. The normalized spacial score (nSPS) is 12.3. The van der Waals surface area contributed by atoms with Gasteiger partial charge in [0.1, 0.15) is 11.6 Å². The molecule has 0 unspecified atom stereocenters. The molecule has 0 saturated carbocycles. The first kappa shape index (κ1) is 18.5. The molecule has 0 aliphatic carbocycles. The quantitative estimate of drug-likeness (QED) is 0.885. The fourth-order valence-corrected chi connectivity index (χ4v) is 2.43. The van der Waals surface area contributed by atoms with E-state index in [4.69, 9.17) is 4.74 Å². The van der Waals surface area contributed by atoms with Gasteiger partial charge in [0.15, 0.2) is 0 Å². The van der Waals surface area contributed by atoms with Gasteiger partial charge in [-0.25, -0.2) is 9.59 Å². The van der Waals surface area contributed by atoms with E-state index in [0.29, 0.717) is 5.69 Å². The smallest absolute Gasteiger partial charge is 0.415 e. The molecule has 2 aromatic rings. The zero-order valence-electron chi connectivity index (χ0n) is 14.9. The third-order valence-electron chi connectivity index (χ3n) is 3.58. The van der Waals surface area contributed by atoms with Crippen LogP contribution in [0.1, 0.15) is 27.7 Å². The van der Waals surface area contributed by atoms with E-state index in [1.54, 1.807) is 32.9 Å². The van der Waals surface area contributed by atoms with Crippen molar-refractivity contribution in [2.24, 2.45) is 0 Å². The van der Waals surface area contributed by atoms with Gasteiger partial charge in [-0.1, -0.05) is 48.5 Å². The van der Waals surface area contributed by atoms with E-state index in [2.05, 4.69) is 0 Å². The topological polar surface area (TPSA) is 66.8 Å². The standard InChI is InChI=1S/C20H23NO4/c1-14(18(22)23)21(19(24)25-20(2,3)4)17-13-9-8-12-16(17)15-10-6-5-7-11-15/h5-14H,1-4H3,(H,22,23)/t14-/m0/s1. The van der Waals surface area contributed by atoms with Gasteiger partial charge in [0.2, 0.25) is 0 Å². The molecular formula is C20H23NO4. The highest BCUT2D eigenvalue weighted by atomic mass is 16.6. The third-order valence-corrected chi connectivity index (χ3v) is 3.58. The lowest BCUT2D eigenvalue weighted by molar-refractivity contribution is -0.138. The van der Waals surface area contributed by atoms with Crippen LogP contribution < -0.4 is 4.90 Å². The van der Waals surface area contributed by atoms with E-state index < -0.39 is 23.7 Å². The summed E-state index contributed by atoms with van der Waals surface area (Å²) in [6.45, 7) is 6.71. The molecule has 0 heterocycles. The van der Waals surface area contributed by atoms with Gasteiger partial charge in [-0.05, 0) is 39.3 Å². The number of carbonyl (C=O) groups excluding carboxylic acids is 1. The molecule has 0 saturated heterocycles. The summed E-state index contributed by atoms with van der Waals surface area (Å²) in [7, 11) is 0. The Balaban J connectivity index is 2.55. The minimum atomic E-state index is -1.10. The van der Waals surface area contributed by atoms with Crippen LogP contribution in [0.4, 0.5) is 10.5 Å². The number of aliphatic carboxylic acids is 1. The van der Waals surface area contributed by atoms with Crippen LogP contribution >= 0.6 is 0 Å². The molecule has 0 aliphatic heterocycles. The van der Waals surface area contributed by atoms with Crippen molar-refractivity contribution < 1.29 is 19.4 Å². The lowest BCUT2D eigenvalue weighted by Crippen LogP contribution is -2.46. The Bertz CT molecular complexity index is 750. The summed E-state index contributed by atoms with van der Waals surface area (Å²) in [5, 5.41) is 9.47.